The summed E-state index contributed by atoms with van der Waals surface area (Å²) in [6, 6.07) is 6.81. The Morgan fingerprint density at radius 2 is 1.94 bits per heavy atom. The highest BCUT2D eigenvalue weighted by atomic mass is 32.2. The summed E-state index contributed by atoms with van der Waals surface area (Å²) in [6.45, 7) is 0. The Labute approximate surface area is 105 Å². The minimum absolute atomic E-state index is 0.0466. The fourth-order valence-electron chi connectivity index (χ4n) is 1.24. The van der Waals surface area contributed by atoms with Crippen LogP contribution in [0.5, 0.6) is 0 Å². The van der Waals surface area contributed by atoms with Gasteiger partial charge in [-0.15, -0.1) is 11.8 Å². The summed E-state index contributed by atoms with van der Waals surface area (Å²) in [7, 11) is 3.41. The molecule has 1 amide bonds. The molecule has 92 valence electrons. The van der Waals surface area contributed by atoms with Gasteiger partial charge in [0.25, 0.3) is 0 Å². The van der Waals surface area contributed by atoms with E-state index in [0.29, 0.717) is 17.1 Å². The number of benzene rings is 1. The van der Waals surface area contributed by atoms with Crippen molar-refractivity contribution in [3.63, 3.8) is 0 Å². The fourth-order valence-corrected chi connectivity index (χ4v) is 2.22. The minimum atomic E-state index is -0.938. The second-order valence-electron chi connectivity index (χ2n) is 3.69. The van der Waals surface area contributed by atoms with Crippen LogP contribution in [-0.2, 0) is 4.79 Å². The van der Waals surface area contributed by atoms with E-state index in [0.717, 1.165) is 0 Å². The maximum atomic E-state index is 11.3. The molecule has 0 aromatic heterocycles. The van der Waals surface area contributed by atoms with Crippen LogP contribution in [0.15, 0.2) is 29.2 Å². The zero-order valence-corrected chi connectivity index (χ0v) is 10.7. The van der Waals surface area contributed by atoms with E-state index < -0.39 is 5.97 Å². The quantitative estimate of drug-likeness (QED) is 0.815. The highest BCUT2D eigenvalue weighted by Crippen LogP contribution is 2.23. The smallest absolute Gasteiger partial charge is 0.336 e. The van der Waals surface area contributed by atoms with Crippen LogP contribution < -0.4 is 0 Å². The Balaban J connectivity index is 2.58. The molecule has 0 fully saturated rings. The van der Waals surface area contributed by atoms with Crippen LogP contribution in [0.3, 0.4) is 0 Å². The summed E-state index contributed by atoms with van der Waals surface area (Å²) in [5.41, 5.74) is 0.287. The predicted molar refractivity (Wildman–Crippen MR) is 67.4 cm³/mol. The van der Waals surface area contributed by atoms with Crippen LogP contribution in [-0.4, -0.2) is 41.7 Å². The van der Waals surface area contributed by atoms with Gasteiger partial charge >= 0.3 is 5.97 Å². The molecule has 1 N–H and O–H groups in total. The third kappa shape index (κ3) is 4.11. The van der Waals surface area contributed by atoms with Gasteiger partial charge in [-0.05, 0) is 12.1 Å². The van der Waals surface area contributed by atoms with Crippen molar-refractivity contribution in [3.05, 3.63) is 29.8 Å². The second-order valence-corrected chi connectivity index (χ2v) is 4.82. The first-order chi connectivity index (χ1) is 8.02. The van der Waals surface area contributed by atoms with Crippen LogP contribution in [0.1, 0.15) is 16.8 Å². The summed E-state index contributed by atoms with van der Waals surface area (Å²) < 4.78 is 0. The van der Waals surface area contributed by atoms with E-state index in [1.807, 2.05) is 0 Å². The van der Waals surface area contributed by atoms with E-state index in [2.05, 4.69) is 0 Å². The van der Waals surface area contributed by atoms with Crippen molar-refractivity contribution in [1.29, 1.82) is 0 Å². The van der Waals surface area contributed by atoms with Crippen LogP contribution in [0.4, 0.5) is 0 Å². The van der Waals surface area contributed by atoms with E-state index in [1.54, 1.807) is 38.4 Å². The number of thioether (sulfide) groups is 1. The number of aromatic carboxylic acids is 1. The Bertz CT molecular complexity index is 418. The molecular formula is C12H15NO3S. The van der Waals surface area contributed by atoms with Crippen molar-refractivity contribution >= 4 is 23.6 Å². The van der Waals surface area contributed by atoms with Gasteiger partial charge in [0.15, 0.2) is 0 Å². The van der Waals surface area contributed by atoms with Gasteiger partial charge in [-0.25, -0.2) is 4.79 Å². The van der Waals surface area contributed by atoms with Gasteiger partial charge in [-0.1, -0.05) is 12.1 Å². The fraction of sp³-hybridized carbons (Fsp3) is 0.333. The summed E-state index contributed by atoms with van der Waals surface area (Å²) >= 11 is 1.39. The van der Waals surface area contributed by atoms with Gasteiger partial charge in [-0.2, -0.15) is 0 Å². The van der Waals surface area contributed by atoms with E-state index in [-0.39, 0.29) is 11.5 Å². The van der Waals surface area contributed by atoms with Crippen LogP contribution in [0.25, 0.3) is 0 Å². The van der Waals surface area contributed by atoms with Gasteiger partial charge in [0.2, 0.25) is 5.91 Å². The molecule has 1 rings (SSSR count). The number of carboxylic acid groups (broad SMARTS) is 1. The first-order valence-electron chi connectivity index (χ1n) is 5.17. The number of carbonyl (C=O) groups excluding carboxylic acids is 1. The van der Waals surface area contributed by atoms with Crippen molar-refractivity contribution in [2.24, 2.45) is 0 Å². The molecular weight excluding hydrogens is 238 g/mol. The molecule has 0 aliphatic carbocycles. The number of hydrogen-bond donors (Lipinski definition) is 1. The lowest BCUT2D eigenvalue weighted by atomic mass is 10.2. The molecule has 0 atom stereocenters. The average Bonchev–Trinajstić information content (AvgIpc) is 2.29. The van der Waals surface area contributed by atoms with E-state index >= 15 is 0 Å². The molecule has 5 heteroatoms. The van der Waals surface area contributed by atoms with Crippen LogP contribution in [0.2, 0.25) is 0 Å². The highest BCUT2D eigenvalue weighted by molar-refractivity contribution is 7.99. The van der Waals surface area contributed by atoms with Gasteiger partial charge in [-0.3, -0.25) is 4.79 Å². The summed E-state index contributed by atoms with van der Waals surface area (Å²) in [5, 5.41) is 8.97. The predicted octanol–water partition coefficient (Wildman–Crippen LogP) is 1.96. The maximum Gasteiger partial charge on any atom is 0.336 e. The topological polar surface area (TPSA) is 57.6 Å². The standard InChI is InChI=1S/C12H15NO3S/c1-13(2)11(14)7-8-17-10-6-4-3-5-9(10)12(15)16/h3-6H,7-8H2,1-2H3,(H,15,16). The Morgan fingerprint density at radius 1 is 1.29 bits per heavy atom. The van der Waals surface area contributed by atoms with Gasteiger partial charge in [0.05, 0.1) is 5.56 Å². The van der Waals surface area contributed by atoms with Crippen molar-refractivity contribution < 1.29 is 14.7 Å². The highest BCUT2D eigenvalue weighted by Gasteiger charge is 2.10. The third-order valence-electron chi connectivity index (χ3n) is 2.19. The molecule has 1 aromatic carbocycles. The lowest BCUT2D eigenvalue weighted by Gasteiger charge is -2.10. The third-order valence-corrected chi connectivity index (χ3v) is 3.27. The minimum Gasteiger partial charge on any atom is -0.478 e. The number of carbonyl (C=O) groups is 2. The molecule has 17 heavy (non-hydrogen) atoms. The van der Waals surface area contributed by atoms with E-state index in [1.165, 1.54) is 16.7 Å². The molecule has 0 saturated heterocycles. The summed E-state index contributed by atoms with van der Waals surface area (Å²) in [6.07, 6.45) is 0.408. The number of rotatable bonds is 5. The molecule has 0 bridgehead atoms. The van der Waals surface area contributed by atoms with E-state index in [4.69, 9.17) is 5.11 Å². The van der Waals surface area contributed by atoms with Crippen LogP contribution in [0, 0.1) is 0 Å². The molecule has 0 aliphatic rings. The number of hydrogen-bond acceptors (Lipinski definition) is 3. The Hall–Kier alpha value is -1.49. The summed E-state index contributed by atoms with van der Waals surface area (Å²) in [4.78, 5) is 24.5. The largest absolute Gasteiger partial charge is 0.478 e. The van der Waals surface area contributed by atoms with Crippen molar-refractivity contribution in [3.8, 4) is 0 Å². The molecule has 0 unspecified atom stereocenters. The number of carboxylic acids is 1. The normalized spacial score (nSPS) is 10.0. The number of amides is 1. The lowest BCUT2D eigenvalue weighted by molar-refractivity contribution is -0.128. The molecule has 1 aromatic rings. The molecule has 0 spiro atoms. The van der Waals surface area contributed by atoms with Gasteiger partial charge < -0.3 is 10.0 Å². The average molecular weight is 253 g/mol. The van der Waals surface area contributed by atoms with E-state index in [9.17, 15) is 9.59 Å². The van der Waals surface area contributed by atoms with Gasteiger partial charge in [0, 0.05) is 31.2 Å². The maximum absolute atomic E-state index is 11.3. The van der Waals surface area contributed by atoms with Crippen molar-refractivity contribution in [2.45, 2.75) is 11.3 Å². The summed E-state index contributed by atoms with van der Waals surface area (Å²) in [5.74, 6) is -0.307. The SMILES string of the molecule is CN(C)C(=O)CCSc1ccccc1C(=O)O. The Kier molecular flexibility index (Phi) is 5.03. The van der Waals surface area contributed by atoms with Gasteiger partial charge in [0.1, 0.15) is 0 Å². The molecule has 0 aliphatic heterocycles. The van der Waals surface area contributed by atoms with Crippen LogP contribution >= 0.6 is 11.8 Å². The molecule has 0 saturated carbocycles. The number of nitrogens with zero attached hydrogens (tertiary/aromatic N) is 1. The first-order valence-corrected chi connectivity index (χ1v) is 6.16. The Morgan fingerprint density at radius 3 is 2.53 bits per heavy atom. The zero-order chi connectivity index (χ0) is 12.8. The zero-order valence-electron chi connectivity index (χ0n) is 9.84. The molecule has 0 radical (unpaired) electrons. The lowest BCUT2D eigenvalue weighted by Crippen LogP contribution is -2.21. The van der Waals surface area contributed by atoms with Crippen molar-refractivity contribution in [1.82, 2.24) is 4.90 Å². The second kappa shape index (κ2) is 6.30. The molecule has 4 nitrogen and oxygen atoms in total. The first kappa shape index (κ1) is 13.6. The monoisotopic (exact) mass is 253 g/mol. The van der Waals surface area contributed by atoms with Crippen molar-refractivity contribution in [2.75, 3.05) is 19.8 Å². The molecule has 0 heterocycles.